The quantitative estimate of drug-likeness (QED) is 0.945. The van der Waals surface area contributed by atoms with Gasteiger partial charge in [0.1, 0.15) is 5.82 Å². The van der Waals surface area contributed by atoms with Gasteiger partial charge in [-0.15, -0.1) is 0 Å². The third kappa shape index (κ3) is 2.68. The Kier molecular flexibility index (Phi) is 3.96. The van der Waals surface area contributed by atoms with Gasteiger partial charge < -0.3 is 9.88 Å². The van der Waals surface area contributed by atoms with Gasteiger partial charge in [-0.25, -0.2) is 4.98 Å². The van der Waals surface area contributed by atoms with Crippen molar-refractivity contribution in [2.24, 2.45) is 0 Å². The molecule has 108 valence electrons. The second-order valence-electron chi connectivity index (χ2n) is 5.55. The minimum Gasteiger partial charge on any atom is -0.341 e. The number of likely N-dealkylation sites (N-methyl/N-ethyl adjacent to an activating group) is 1. The number of imidazole rings is 1. The van der Waals surface area contributed by atoms with Crippen LogP contribution in [0.4, 0.5) is 0 Å². The third-order valence-corrected chi connectivity index (χ3v) is 4.38. The molecular formula is C15H21ClN4. The predicted octanol–water partition coefficient (Wildman–Crippen LogP) is 2.91. The molecule has 1 aliphatic rings. The van der Waals surface area contributed by atoms with Gasteiger partial charge >= 0.3 is 0 Å². The molecule has 0 aliphatic carbocycles. The fourth-order valence-electron chi connectivity index (χ4n) is 2.92. The highest BCUT2D eigenvalue weighted by Gasteiger charge is 2.24. The average molecular weight is 293 g/mol. The molecule has 4 nitrogen and oxygen atoms in total. The zero-order valence-electron chi connectivity index (χ0n) is 12.1. The van der Waals surface area contributed by atoms with E-state index in [1.165, 1.54) is 0 Å². The first-order valence-corrected chi connectivity index (χ1v) is 7.63. The van der Waals surface area contributed by atoms with Crippen molar-refractivity contribution in [1.29, 1.82) is 0 Å². The smallest absolute Gasteiger partial charge is 0.124 e. The highest BCUT2D eigenvalue weighted by molar-refractivity contribution is 6.31. The number of halogens is 1. The molecule has 2 aromatic rings. The van der Waals surface area contributed by atoms with Gasteiger partial charge in [0.2, 0.25) is 0 Å². The molecule has 1 N–H and O–H groups in total. The summed E-state index contributed by atoms with van der Waals surface area (Å²) >= 11 is 6.04. The summed E-state index contributed by atoms with van der Waals surface area (Å²) in [5.74, 6) is 1.06. The Labute approximate surface area is 124 Å². The SMILES string of the molecule is CCC(c1nc2ccc(Cl)cc2[nH]1)N1CCN(C)CC1. The van der Waals surface area contributed by atoms with Crippen molar-refractivity contribution in [1.82, 2.24) is 19.8 Å². The molecule has 1 unspecified atom stereocenters. The zero-order chi connectivity index (χ0) is 14.1. The van der Waals surface area contributed by atoms with Crippen LogP contribution in [0.3, 0.4) is 0 Å². The number of hydrogen-bond acceptors (Lipinski definition) is 3. The van der Waals surface area contributed by atoms with E-state index >= 15 is 0 Å². The van der Waals surface area contributed by atoms with Crippen LogP contribution in [0.1, 0.15) is 25.2 Å². The number of H-pyrrole nitrogens is 1. The van der Waals surface area contributed by atoms with Gasteiger partial charge in [-0.1, -0.05) is 18.5 Å². The number of aromatic amines is 1. The van der Waals surface area contributed by atoms with Crippen molar-refractivity contribution in [3.05, 3.63) is 29.0 Å². The van der Waals surface area contributed by atoms with Crippen LogP contribution < -0.4 is 0 Å². The maximum atomic E-state index is 6.04. The lowest BCUT2D eigenvalue weighted by Crippen LogP contribution is -2.46. The Hall–Kier alpha value is -1.10. The van der Waals surface area contributed by atoms with Gasteiger partial charge in [-0.05, 0) is 31.7 Å². The number of piperazine rings is 1. The van der Waals surface area contributed by atoms with Crippen molar-refractivity contribution in [3.63, 3.8) is 0 Å². The Balaban J connectivity index is 1.87. The summed E-state index contributed by atoms with van der Waals surface area (Å²) in [7, 11) is 2.18. The molecule has 1 aromatic carbocycles. The van der Waals surface area contributed by atoms with Gasteiger partial charge in [0, 0.05) is 31.2 Å². The minimum atomic E-state index is 0.370. The largest absolute Gasteiger partial charge is 0.341 e. The predicted molar refractivity (Wildman–Crippen MR) is 83.2 cm³/mol. The minimum absolute atomic E-state index is 0.370. The molecule has 0 spiro atoms. The van der Waals surface area contributed by atoms with Crippen LogP contribution in [-0.4, -0.2) is 53.0 Å². The molecule has 0 bridgehead atoms. The van der Waals surface area contributed by atoms with E-state index in [9.17, 15) is 0 Å². The third-order valence-electron chi connectivity index (χ3n) is 4.14. The fourth-order valence-corrected chi connectivity index (χ4v) is 3.09. The lowest BCUT2D eigenvalue weighted by molar-refractivity contribution is 0.105. The van der Waals surface area contributed by atoms with E-state index in [-0.39, 0.29) is 0 Å². The Morgan fingerprint density at radius 2 is 2.05 bits per heavy atom. The normalized spacial score (nSPS) is 19.6. The molecule has 1 saturated heterocycles. The Morgan fingerprint density at radius 1 is 1.30 bits per heavy atom. The lowest BCUT2D eigenvalue weighted by atomic mass is 10.1. The highest BCUT2D eigenvalue weighted by atomic mass is 35.5. The first kappa shape index (κ1) is 13.9. The second kappa shape index (κ2) is 5.72. The van der Waals surface area contributed by atoms with Gasteiger partial charge in [-0.2, -0.15) is 0 Å². The first-order valence-electron chi connectivity index (χ1n) is 7.25. The topological polar surface area (TPSA) is 35.2 Å². The molecule has 1 fully saturated rings. The summed E-state index contributed by atoms with van der Waals surface area (Å²) < 4.78 is 0. The van der Waals surface area contributed by atoms with Crippen molar-refractivity contribution >= 4 is 22.6 Å². The van der Waals surface area contributed by atoms with Crippen LogP contribution in [0.15, 0.2) is 18.2 Å². The fraction of sp³-hybridized carbons (Fsp3) is 0.533. The number of aromatic nitrogens is 2. The van der Waals surface area contributed by atoms with E-state index in [1.807, 2.05) is 18.2 Å². The number of benzene rings is 1. The van der Waals surface area contributed by atoms with Crippen molar-refractivity contribution < 1.29 is 0 Å². The Morgan fingerprint density at radius 3 is 2.75 bits per heavy atom. The first-order chi connectivity index (χ1) is 9.67. The number of rotatable bonds is 3. The molecule has 5 heteroatoms. The molecule has 2 heterocycles. The molecule has 1 aliphatic heterocycles. The van der Waals surface area contributed by atoms with Crippen LogP contribution in [0.2, 0.25) is 5.02 Å². The van der Waals surface area contributed by atoms with E-state index in [0.717, 1.165) is 54.5 Å². The van der Waals surface area contributed by atoms with Crippen LogP contribution in [0, 0.1) is 0 Å². The average Bonchev–Trinajstić information content (AvgIpc) is 2.84. The summed E-state index contributed by atoms with van der Waals surface area (Å²) in [5.41, 5.74) is 2.03. The van der Waals surface area contributed by atoms with Crippen LogP contribution in [0.25, 0.3) is 11.0 Å². The van der Waals surface area contributed by atoms with Crippen LogP contribution in [0.5, 0.6) is 0 Å². The van der Waals surface area contributed by atoms with E-state index in [4.69, 9.17) is 16.6 Å². The summed E-state index contributed by atoms with van der Waals surface area (Å²) in [5, 5.41) is 0.750. The molecule has 1 atom stereocenters. The van der Waals surface area contributed by atoms with Crippen molar-refractivity contribution in [3.8, 4) is 0 Å². The van der Waals surface area contributed by atoms with Gasteiger partial charge in [0.05, 0.1) is 17.1 Å². The summed E-state index contributed by atoms with van der Waals surface area (Å²) in [6.07, 6.45) is 1.07. The summed E-state index contributed by atoms with van der Waals surface area (Å²) in [6, 6.07) is 6.19. The van der Waals surface area contributed by atoms with Crippen molar-refractivity contribution in [2.75, 3.05) is 33.2 Å². The molecular weight excluding hydrogens is 272 g/mol. The Bertz CT molecular complexity index is 587. The second-order valence-corrected chi connectivity index (χ2v) is 5.98. The molecule has 3 rings (SSSR count). The maximum Gasteiger partial charge on any atom is 0.124 e. The number of nitrogens with zero attached hydrogens (tertiary/aromatic N) is 3. The lowest BCUT2D eigenvalue weighted by Gasteiger charge is -2.36. The number of fused-ring (bicyclic) bond motifs is 1. The highest BCUT2D eigenvalue weighted by Crippen LogP contribution is 2.26. The molecule has 1 aromatic heterocycles. The number of hydrogen-bond donors (Lipinski definition) is 1. The van der Waals surface area contributed by atoms with Gasteiger partial charge in [0.15, 0.2) is 0 Å². The van der Waals surface area contributed by atoms with E-state index < -0.39 is 0 Å². The van der Waals surface area contributed by atoms with E-state index in [1.54, 1.807) is 0 Å². The van der Waals surface area contributed by atoms with Gasteiger partial charge in [-0.3, -0.25) is 4.90 Å². The van der Waals surface area contributed by atoms with E-state index in [2.05, 4.69) is 28.8 Å². The molecule has 0 saturated carbocycles. The van der Waals surface area contributed by atoms with Crippen LogP contribution >= 0.6 is 11.6 Å². The molecule has 0 amide bonds. The standard InChI is InChI=1S/C15H21ClN4/c1-3-14(20-8-6-19(2)7-9-20)15-17-12-5-4-11(16)10-13(12)18-15/h4-5,10,14H,3,6-9H2,1-2H3,(H,17,18). The number of nitrogens with one attached hydrogen (secondary N) is 1. The summed E-state index contributed by atoms with van der Waals surface area (Å²) in [6.45, 7) is 6.69. The zero-order valence-corrected chi connectivity index (χ0v) is 12.8. The van der Waals surface area contributed by atoms with Crippen molar-refractivity contribution in [2.45, 2.75) is 19.4 Å². The molecule has 20 heavy (non-hydrogen) atoms. The van der Waals surface area contributed by atoms with Gasteiger partial charge in [0.25, 0.3) is 0 Å². The maximum absolute atomic E-state index is 6.04. The molecule has 0 radical (unpaired) electrons. The summed E-state index contributed by atoms with van der Waals surface area (Å²) in [4.78, 5) is 13.1. The van der Waals surface area contributed by atoms with E-state index in [0.29, 0.717) is 6.04 Å². The van der Waals surface area contributed by atoms with Crippen LogP contribution in [-0.2, 0) is 0 Å². The monoisotopic (exact) mass is 292 g/mol.